The van der Waals surface area contributed by atoms with E-state index in [1.165, 1.54) is 0 Å². The van der Waals surface area contributed by atoms with Crippen LogP contribution in [0.15, 0.2) is 6.20 Å². The molecule has 6 heteroatoms. The summed E-state index contributed by atoms with van der Waals surface area (Å²) in [5.41, 5.74) is 2.30. The third-order valence-electron chi connectivity index (χ3n) is 4.15. The number of hydrogen-bond acceptors (Lipinski definition) is 5. The van der Waals surface area contributed by atoms with Crippen LogP contribution in [0.5, 0.6) is 0 Å². The van der Waals surface area contributed by atoms with E-state index in [0.29, 0.717) is 36.1 Å². The van der Waals surface area contributed by atoms with Crippen molar-refractivity contribution in [2.45, 2.75) is 39.7 Å². The lowest BCUT2D eigenvalue weighted by Gasteiger charge is -2.32. The van der Waals surface area contributed by atoms with E-state index in [-0.39, 0.29) is 10.6 Å². The van der Waals surface area contributed by atoms with Crippen LogP contribution in [0.1, 0.15) is 30.2 Å². The van der Waals surface area contributed by atoms with Gasteiger partial charge in [0.1, 0.15) is 0 Å². The summed E-state index contributed by atoms with van der Waals surface area (Å²) in [6, 6.07) is 0.394. The molecule has 1 aliphatic heterocycles. The van der Waals surface area contributed by atoms with Gasteiger partial charge in [-0.3, -0.25) is 15.1 Å². The summed E-state index contributed by atoms with van der Waals surface area (Å²) in [7, 11) is 0. The van der Waals surface area contributed by atoms with E-state index >= 15 is 0 Å². The van der Waals surface area contributed by atoms with Gasteiger partial charge < -0.3 is 10.1 Å². The first-order valence-corrected chi connectivity index (χ1v) is 7.45. The Bertz CT molecular complexity index is 517. The Kier molecular flexibility index (Phi) is 5.25. The number of ether oxygens (including phenoxy) is 1. The summed E-state index contributed by atoms with van der Waals surface area (Å²) in [6.45, 7) is 7.98. The van der Waals surface area contributed by atoms with Crippen LogP contribution in [-0.2, 0) is 11.2 Å². The van der Waals surface area contributed by atoms with Crippen molar-refractivity contribution in [3.8, 4) is 0 Å². The number of aryl methyl sites for hydroxylation is 1. The Morgan fingerprint density at radius 3 is 2.95 bits per heavy atom. The van der Waals surface area contributed by atoms with E-state index in [9.17, 15) is 10.1 Å². The first-order valence-electron chi connectivity index (χ1n) is 7.45. The predicted molar refractivity (Wildman–Crippen MR) is 80.5 cm³/mol. The van der Waals surface area contributed by atoms with E-state index in [1.54, 1.807) is 20.0 Å². The zero-order valence-electron chi connectivity index (χ0n) is 12.9. The molecule has 1 aliphatic rings. The summed E-state index contributed by atoms with van der Waals surface area (Å²) in [6.07, 6.45) is 3.29. The minimum Gasteiger partial charge on any atom is -0.381 e. The monoisotopic (exact) mass is 293 g/mol. The zero-order valence-corrected chi connectivity index (χ0v) is 12.9. The van der Waals surface area contributed by atoms with Crippen molar-refractivity contribution in [2.24, 2.45) is 5.92 Å². The van der Waals surface area contributed by atoms with Crippen LogP contribution in [0.25, 0.3) is 0 Å². The van der Waals surface area contributed by atoms with E-state index in [0.717, 1.165) is 25.3 Å². The first kappa shape index (κ1) is 15.9. The minimum absolute atomic E-state index is 0.191. The molecule has 1 aromatic heterocycles. The fourth-order valence-corrected chi connectivity index (χ4v) is 3.03. The van der Waals surface area contributed by atoms with Gasteiger partial charge in [-0.2, -0.15) is 0 Å². The Labute approximate surface area is 125 Å². The molecular weight excluding hydrogens is 270 g/mol. The van der Waals surface area contributed by atoms with Gasteiger partial charge in [0.2, 0.25) is 0 Å². The second-order valence-electron chi connectivity index (χ2n) is 5.61. The molecule has 1 aromatic rings. The van der Waals surface area contributed by atoms with Crippen LogP contribution in [-0.4, -0.2) is 35.7 Å². The average molecular weight is 293 g/mol. The van der Waals surface area contributed by atoms with Gasteiger partial charge in [0.25, 0.3) is 5.69 Å². The molecule has 116 valence electrons. The zero-order chi connectivity index (χ0) is 15.4. The molecule has 2 rings (SSSR count). The number of hydrogen-bond donors (Lipinski definition) is 1. The fourth-order valence-electron chi connectivity index (χ4n) is 3.03. The Balaban J connectivity index is 2.22. The molecule has 2 heterocycles. The van der Waals surface area contributed by atoms with Gasteiger partial charge in [0.15, 0.2) is 0 Å². The Morgan fingerprint density at radius 1 is 1.52 bits per heavy atom. The van der Waals surface area contributed by atoms with Crippen molar-refractivity contribution >= 4 is 5.69 Å². The molecule has 2 atom stereocenters. The van der Waals surface area contributed by atoms with Crippen molar-refractivity contribution in [3.05, 3.63) is 33.1 Å². The lowest BCUT2D eigenvalue weighted by molar-refractivity contribution is -0.386. The number of rotatable bonds is 5. The van der Waals surface area contributed by atoms with Crippen molar-refractivity contribution in [1.29, 1.82) is 0 Å². The molecule has 0 amide bonds. The molecule has 6 nitrogen and oxygen atoms in total. The normalized spacial score (nSPS) is 22.2. The molecule has 1 saturated heterocycles. The van der Waals surface area contributed by atoms with Crippen molar-refractivity contribution < 1.29 is 9.66 Å². The molecule has 1 N–H and O–H groups in total. The highest BCUT2D eigenvalue weighted by Gasteiger charge is 2.28. The summed E-state index contributed by atoms with van der Waals surface area (Å²) in [4.78, 5) is 15.3. The van der Waals surface area contributed by atoms with Crippen molar-refractivity contribution in [2.75, 3.05) is 19.8 Å². The molecule has 2 unspecified atom stereocenters. The van der Waals surface area contributed by atoms with Gasteiger partial charge in [-0.1, -0.05) is 6.92 Å². The van der Waals surface area contributed by atoms with E-state index in [1.807, 2.05) is 0 Å². The molecule has 21 heavy (non-hydrogen) atoms. The maximum atomic E-state index is 11.2. The van der Waals surface area contributed by atoms with Crippen molar-refractivity contribution in [1.82, 2.24) is 10.3 Å². The van der Waals surface area contributed by atoms with Crippen LogP contribution in [0.4, 0.5) is 5.69 Å². The third-order valence-corrected chi connectivity index (χ3v) is 4.15. The molecule has 0 aliphatic carbocycles. The number of nitrogens with zero attached hydrogens (tertiary/aromatic N) is 2. The van der Waals surface area contributed by atoms with Gasteiger partial charge in [-0.25, -0.2) is 0 Å². The number of aromatic nitrogens is 1. The smallest absolute Gasteiger partial charge is 0.278 e. The Morgan fingerprint density at radius 2 is 2.29 bits per heavy atom. The minimum atomic E-state index is -0.311. The highest BCUT2D eigenvalue weighted by atomic mass is 16.6. The highest BCUT2D eigenvalue weighted by Crippen LogP contribution is 2.27. The van der Waals surface area contributed by atoms with Gasteiger partial charge in [0.05, 0.1) is 17.2 Å². The van der Waals surface area contributed by atoms with E-state index < -0.39 is 0 Å². The lowest BCUT2D eigenvalue weighted by Crippen LogP contribution is -2.43. The van der Waals surface area contributed by atoms with Gasteiger partial charge >= 0.3 is 0 Å². The second-order valence-corrected chi connectivity index (χ2v) is 5.61. The number of pyridine rings is 1. The van der Waals surface area contributed by atoms with Crippen LogP contribution in [0.2, 0.25) is 0 Å². The molecule has 0 bridgehead atoms. The molecule has 0 saturated carbocycles. The highest BCUT2D eigenvalue weighted by molar-refractivity contribution is 5.47. The number of nitrogens with one attached hydrogen (secondary N) is 1. The fraction of sp³-hybridized carbons (Fsp3) is 0.667. The summed E-state index contributed by atoms with van der Waals surface area (Å²) >= 11 is 0. The van der Waals surface area contributed by atoms with Gasteiger partial charge in [-0.15, -0.1) is 0 Å². The standard InChI is InChI=1S/C15H23N3O3/c1-4-16-13-5-6-21-9-12(13)7-14-11(3)15(18(19)20)10(2)8-17-14/h8,12-13,16H,4-7,9H2,1-3H3. The van der Waals surface area contributed by atoms with E-state index in [4.69, 9.17) is 4.74 Å². The number of nitro groups is 1. The molecule has 0 aromatic carbocycles. The topological polar surface area (TPSA) is 77.3 Å². The molecule has 1 fully saturated rings. The summed E-state index contributed by atoms with van der Waals surface area (Å²) in [5.74, 6) is 0.312. The predicted octanol–water partition coefficient (Wildman–Crippen LogP) is 2.16. The SMILES string of the molecule is CCNC1CCOCC1Cc1ncc(C)c([N+](=O)[O-])c1C. The molecular formula is C15H23N3O3. The second kappa shape index (κ2) is 6.95. The molecule has 0 spiro atoms. The molecule has 0 radical (unpaired) electrons. The van der Waals surface area contributed by atoms with Gasteiger partial charge in [0, 0.05) is 35.9 Å². The van der Waals surface area contributed by atoms with Crippen molar-refractivity contribution in [3.63, 3.8) is 0 Å². The third kappa shape index (κ3) is 3.57. The van der Waals surface area contributed by atoms with Gasteiger partial charge in [-0.05, 0) is 33.2 Å². The van der Waals surface area contributed by atoms with Crippen LogP contribution >= 0.6 is 0 Å². The quantitative estimate of drug-likeness (QED) is 0.665. The maximum absolute atomic E-state index is 11.2. The average Bonchev–Trinajstić information content (AvgIpc) is 2.44. The maximum Gasteiger partial charge on any atom is 0.278 e. The largest absolute Gasteiger partial charge is 0.381 e. The lowest BCUT2D eigenvalue weighted by atomic mass is 9.89. The summed E-state index contributed by atoms with van der Waals surface area (Å²) in [5, 5.41) is 14.7. The van der Waals surface area contributed by atoms with Crippen LogP contribution in [0.3, 0.4) is 0 Å². The Hall–Kier alpha value is -1.53. The van der Waals surface area contributed by atoms with Crippen LogP contribution < -0.4 is 5.32 Å². The van der Waals surface area contributed by atoms with Crippen LogP contribution in [0, 0.1) is 29.9 Å². The summed E-state index contributed by atoms with van der Waals surface area (Å²) < 4.78 is 5.57. The first-order chi connectivity index (χ1) is 10.0. The van der Waals surface area contributed by atoms with E-state index in [2.05, 4.69) is 17.2 Å².